The van der Waals surface area contributed by atoms with E-state index in [-0.39, 0.29) is 5.91 Å². The molecule has 1 rings (SSSR count). The third kappa shape index (κ3) is 2.24. The molecule has 0 saturated carbocycles. The van der Waals surface area contributed by atoms with Gasteiger partial charge in [-0.15, -0.1) is 0 Å². The van der Waals surface area contributed by atoms with Gasteiger partial charge in [-0.1, -0.05) is 0 Å². The number of carbonyl (C=O) groups is 1. The molecule has 14 heavy (non-hydrogen) atoms. The highest BCUT2D eigenvalue weighted by atomic mass is 16.5. The first kappa shape index (κ1) is 11.0. The minimum absolute atomic E-state index is 0.193. The predicted octanol–water partition coefficient (Wildman–Crippen LogP) is 0.974. The number of hydrogen-bond acceptors (Lipinski definition) is 3. The van der Waals surface area contributed by atoms with Crippen LogP contribution in [0.15, 0.2) is 0 Å². The normalized spacial score (nSPS) is 27.0. The maximum Gasteiger partial charge on any atom is 0.253 e. The van der Waals surface area contributed by atoms with Crippen LogP contribution >= 0.6 is 0 Å². The molecule has 78 valence electrons. The van der Waals surface area contributed by atoms with Gasteiger partial charge in [0, 0.05) is 6.61 Å². The van der Waals surface area contributed by atoms with Crippen LogP contribution in [0.4, 0.5) is 0 Å². The van der Waals surface area contributed by atoms with Gasteiger partial charge >= 0.3 is 0 Å². The molecule has 0 bridgehead atoms. The van der Waals surface area contributed by atoms with Gasteiger partial charge in [0.05, 0.1) is 6.07 Å². The van der Waals surface area contributed by atoms with Crippen LogP contribution in [0.1, 0.15) is 33.6 Å². The number of nitriles is 1. The van der Waals surface area contributed by atoms with Crippen molar-refractivity contribution in [3.05, 3.63) is 0 Å². The molecule has 1 aliphatic rings. The SMILES string of the molecule is CC(C)(C#N)NC(=O)C1(C)CCCO1. The molecule has 1 N–H and O–H groups in total. The Morgan fingerprint density at radius 3 is 2.71 bits per heavy atom. The van der Waals surface area contributed by atoms with Crippen LogP contribution in [-0.4, -0.2) is 23.7 Å². The molecule has 0 aromatic rings. The van der Waals surface area contributed by atoms with Crippen molar-refractivity contribution in [2.75, 3.05) is 6.61 Å². The molecule has 1 heterocycles. The van der Waals surface area contributed by atoms with Crippen LogP contribution in [-0.2, 0) is 9.53 Å². The van der Waals surface area contributed by atoms with Crippen LogP contribution in [0.3, 0.4) is 0 Å². The fraction of sp³-hybridized carbons (Fsp3) is 0.800. The summed E-state index contributed by atoms with van der Waals surface area (Å²) in [5.74, 6) is -0.193. The van der Waals surface area contributed by atoms with Crippen LogP contribution < -0.4 is 5.32 Å². The molecular formula is C10H16N2O2. The van der Waals surface area contributed by atoms with Crippen molar-refractivity contribution in [3.8, 4) is 6.07 Å². The number of hydrogen-bond donors (Lipinski definition) is 1. The molecule has 1 amide bonds. The zero-order valence-electron chi connectivity index (χ0n) is 8.89. The Balaban J connectivity index is 2.63. The molecule has 1 aliphatic heterocycles. The van der Waals surface area contributed by atoms with Crippen molar-refractivity contribution in [3.63, 3.8) is 0 Å². The topological polar surface area (TPSA) is 62.1 Å². The van der Waals surface area contributed by atoms with Gasteiger partial charge in [-0.3, -0.25) is 4.79 Å². The van der Waals surface area contributed by atoms with Crippen molar-refractivity contribution < 1.29 is 9.53 Å². The van der Waals surface area contributed by atoms with Crippen molar-refractivity contribution in [2.24, 2.45) is 0 Å². The highest BCUT2D eigenvalue weighted by Crippen LogP contribution is 2.25. The van der Waals surface area contributed by atoms with Gasteiger partial charge in [0.25, 0.3) is 5.91 Å². The van der Waals surface area contributed by atoms with Gasteiger partial charge < -0.3 is 10.1 Å². The van der Waals surface area contributed by atoms with E-state index in [9.17, 15) is 4.79 Å². The van der Waals surface area contributed by atoms with Crippen LogP contribution in [0.2, 0.25) is 0 Å². The van der Waals surface area contributed by atoms with Gasteiger partial charge in [0.15, 0.2) is 0 Å². The second-order valence-corrected chi connectivity index (χ2v) is 4.37. The minimum Gasteiger partial charge on any atom is -0.365 e. The Bertz CT molecular complexity index is 272. The van der Waals surface area contributed by atoms with Gasteiger partial charge in [-0.2, -0.15) is 5.26 Å². The molecule has 1 saturated heterocycles. The Labute approximate surface area is 84.2 Å². The zero-order chi connectivity index (χ0) is 10.8. The molecule has 4 heteroatoms. The molecule has 0 aromatic heterocycles. The first-order valence-electron chi connectivity index (χ1n) is 4.77. The predicted molar refractivity (Wildman–Crippen MR) is 51.4 cm³/mol. The van der Waals surface area contributed by atoms with E-state index >= 15 is 0 Å². The largest absolute Gasteiger partial charge is 0.365 e. The lowest BCUT2D eigenvalue weighted by molar-refractivity contribution is -0.140. The second kappa shape index (κ2) is 3.58. The summed E-state index contributed by atoms with van der Waals surface area (Å²) in [6, 6.07) is 2.03. The first-order valence-corrected chi connectivity index (χ1v) is 4.77. The Kier molecular flexibility index (Phi) is 2.81. The molecular weight excluding hydrogens is 180 g/mol. The maximum absolute atomic E-state index is 11.8. The standard InChI is InChI=1S/C10H16N2O2/c1-9(2,7-11)12-8(13)10(3)5-4-6-14-10/h4-6H2,1-3H3,(H,12,13). The second-order valence-electron chi connectivity index (χ2n) is 4.37. The lowest BCUT2D eigenvalue weighted by Gasteiger charge is -2.26. The molecule has 1 fully saturated rings. The lowest BCUT2D eigenvalue weighted by atomic mass is 9.99. The van der Waals surface area contributed by atoms with E-state index in [1.165, 1.54) is 0 Å². The summed E-state index contributed by atoms with van der Waals surface area (Å²) in [5, 5.41) is 11.4. The van der Waals surface area contributed by atoms with Gasteiger partial charge in [-0.25, -0.2) is 0 Å². The molecule has 4 nitrogen and oxygen atoms in total. The highest BCUT2D eigenvalue weighted by molar-refractivity contribution is 5.85. The minimum atomic E-state index is -0.827. The smallest absolute Gasteiger partial charge is 0.253 e. The van der Waals surface area contributed by atoms with Gasteiger partial charge in [-0.05, 0) is 33.6 Å². The average molecular weight is 196 g/mol. The van der Waals surface area contributed by atoms with Crippen LogP contribution in [0.5, 0.6) is 0 Å². The molecule has 0 spiro atoms. The van der Waals surface area contributed by atoms with Crippen LogP contribution in [0, 0.1) is 11.3 Å². The number of carbonyl (C=O) groups excluding carboxylic acids is 1. The van der Waals surface area contributed by atoms with E-state index in [2.05, 4.69) is 5.32 Å². The number of amides is 1. The van der Waals surface area contributed by atoms with Crippen molar-refractivity contribution in [1.82, 2.24) is 5.32 Å². The van der Waals surface area contributed by atoms with Crippen molar-refractivity contribution in [1.29, 1.82) is 5.26 Å². The fourth-order valence-electron chi connectivity index (χ4n) is 1.40. The number of ether oxygens (including phenoxy) is 1. The Morgan fingerprint density at radius 2 is 2.29 bits per heavy atom. The van der Waals surface area contributed by atoms with E-state index in [0.29, 0.717) is 6.61 Å². The summed E-state index contributed by atoms with van der Waals surface area (Å²) < 4.78 is 5.37. The third-order valence-electron chi connectivity index (χ3n) is 2.40. The summed E-state index contributed by atoms with van der Waals surface area (Å²) in [6.07, 6.45) is 1.62. The van der Waals surface area contributed by atoms with E-state index in [1.807, 2.05) is 6.07 Å². The summed E-state index contributed by atoms with van der Waals surface area (Å²) in [5.41, 5.74) is -1.57. The zero-order valence-corrected chi connectivity index (χ0v) is 8.89. The number of nitrogens with zero attached hydrogens (tertiary/aromatic N) is 1. The van der Waals surface area contributed by atoms with Crippen molar-refractivity contribution >= 4 is 5.91 Å². The third-order valence-corrected chi connectivity index (χ3v) is 2.40. The van der Waals surface area contributed by atoms with E-state index < -0.39 is 11.1 Å². The fourth-order valence-corrected chi connectivity index (χ4v) is 1.40. The molecule has 0 aromatic carbocycles. The molecule has 1 unspecified atom stereocenters. The number of nitrogens with one attached hydrogen (secondary N) is 1. The summed E-state index contributed by atoms with van der Waals surface area (Å²) in [6.45, 7) is 5.73. The van der Waals surface area contributed by atoms with Gasteiger partial charge in [0.1, 0.15) is 11.1 Å². The van der Waals surface area contributed by atoms with Gasteiger partial charge in [0.2, 0.25) is 0 Å². The molecule has 1 atom stereocenters. The Morgan fingerprint density at radius 1 is 1.64 bits per heavy atom. The van der Waals surface area contributed by atoms with Crippen molar-refractivity contribution in [2.45, 2.75) is 44.8 Å². The maximum atomic E-state index is 11.8. The summed E-state index contributed by atoms with van der Waals surface area (Å²) in [4.78, 5) is 11.8. The number of rotatable bonds is 2. The van der Waals surface area contributed by atoms with E-state index in [4.69, 9.17) is 10.00 Å². The monoisotopic (exact) mass is 196 g/mol. The summed E-state index contributed by atoms with van der Waals surface area (Å²) in [7, 11) is 0. The first-order chi connectivity index (χ1) is 6.40. The quantitative estimate of drug-likeness (QED) is 0.716. The molecule has 0 aliphatic carbocycles. The van der Waals surface area contributed by atoms with E-state index in [1.54, 1.807) is 20.8 Å². The summed E-state index contributed by atoms with van der Waals surface area (Å²) >= 11 is 0. The lowest BCUT2D eigenvalue weighted by Crippen LogP contribution is -2.52. The van der Waals surface area contributed by atoms with E-state index in [0.717, 1.165) is 12.8 Å². The van der Waals surface area contributed by atoms with Crippen LogP contribution in [0.25, 0.3) is 0 Å². The molecule has 0 radical (unpaired) electrons. The average Bonchev–Trinajstić information content (AvgIpc) is 2.53. The highest BCUT2D eigenvalue weighted by Gasteiger charge is 2.39. The Hall–Kier alpha value is -1.08.